The number of carbonyl (C=O) groups excluding carboxylic acids is 1. The molecule has 2 aromatic heterocycles. The van der Waals surface area contributed by atoms with E-state index in [1.807, 2.05) is 44.2 Å². The summed E-state index contributed by atoms with van der Waals surface area (Å²) in [7, 11) is 0. The molecule has 0 fully saturated rings. The molecule has 7 nitrogen and oxygen atoms in total. The average molecular weight is 401 g/mol. The van der Waals surface area contributed by atoms with Crippen molar-refractivity contribution in [2.24, 2.45) is 0 Å². The number of nitrogens with zero attached hydrogens (tertiary/aromatic N) is 4. The fraction of sp³-hybridized carbons (Fsp3) is 0.176. The van der Waals surface area contributed by atoms with Gasteiger partial charge in [0.25, 0.3) is 0 Å². The highest BCUT2D eigenvalue weighted by molar-refractivity contribution is 9.10. The highest BCUT2D eigenvalue weighted by Gasteiger charge is 2.08. The molecular formula is C17H17BrN6O. The van der Waals surface area contributed by atoms with E-state index < -0.39 is 0 Å². The molecule has 0 aliphatic carbocycles. The average Bonchev–Trinajstić information content (AvgIpc) is 2.94. The third-order valence-corrected chi connectivity index (χ3v) is 3.94. The molecule has 25 heavy (non-hydrogen) atoms. The lowest BCUT2D eigenvalue weighted by atomic mass is 10.3. The van der Waals surface area contributed by atoms with Gasteiger partial charge in [-0.05, 0) is 44.2 Å². The first-order valence-corrected chi connectivity index (χ1v) is 8.45. The number of benzene rings is 1. The van der Waals surface area contributed by atoms with Crippen LogP contribution in [0.3, 0.4) is 0 Å². The largest absolute Gasteiger partial charge is 0.360 e. The van der Waals surface area contributed by atoms with E-state index in [2.05, 4.69) is 41.6 Å². The lowest BCUT2D eigenvalue weighted by Crippen LogP contribution is -2.22. The van der Waals surface area contributed by atoms with Crippen LogP contribution in [0.2, 0.25) is 0 Å². The third kappa shape index (κ3) is 4.42. The molecule has 0 saturated heterocycles. The molecule has 1 aromatic carbocycles. The molecule has 2 heterocycles. The van der Waals surface area contributed by atoms with Gasteiger partial charge in [-0.2, -0.15) is 5.10 Å². The highest BCUT2D eigenvalue weighted by Crippen LogP contribution is 2.14. The molecular weight excluding hydrogens is 384 g/mol. The summed E-state index contributed by atoms with van der Waals surface area (Å²) in [4.78, 5) is 20.6. The van der Waals surface area contributed by atoms with Crippen LogP contribution in [-0.4, -0.2) is 32.2 Å². The van der Waals surface area contributed by atoms with Crippen molar-refractivity contribution >= 4 is 33.3 Å². The van der Waals surface area contributed by atoms with Crippen LogP contribution in [-0.2, 0) is 4.79 Å². The van der Waals surface area contributed by atoms with Crippen LogP contribution < -0.4 is 10.6 Å². The predicted octanol–water partition coefficient (Wildman–Crippen LogP) is 3.09. The Morgan fingerprint density at radius 3 is 2.64 bits per heavy atom. The van der Waals surface area contributed by atoms with Gasteiger partial charge in [-0.15, -0.1) is 0 Å². The van der Waals surface area contributed by atoms with Crippen molar-refractivity contribution in [2.45, 2.75) is 13.8 Å². The number of carbonyl (C=O) groups is 1. The summed E-state index contributed by atoms with van der Waals surface area (Å²) in [6, 6.07) is 9.35. The van der Waals surface area contributed by atoms with Crippen LogP contribution in [0.4, 0.5) is 11.5 Å². The maximum Gasteiger partial charge on any atom is 0.243 e. The molecule has 0 aliphatic heterocycles. The van der Waals surface area contributed by atoms with Crippen LogP contribution >= 0.6 is 15.9 Å². The number of aromatic nitrogens is 4. The minimum Gasteiger partial charge on any atom is -0.360 e. The Labute approximate surface area is 153 Å². The zero-order chi connectivity index (χ0) is 17.8. The second-order valence-electron chi connectivity index (χ2n) is 5.51. The van der Waals surface area contributed by atoms with E-state index in [1.165, 1.54) is 0 Å². The van der Waals surface area contributed by atoms with Crippen molar-refractivity contribution < 1.29 is 4.79 Å². The number of aryl methyl sites for hydroxylation is 2. The molecule has 0 radical (unpaired) electrons. The summed E-state index contributed by atoms with van der Waals surface area (Å²) < 4.78 is 2.68. The summed E-state index contributed by atoms with van der Waals surface area (Å²) in [5.41, 5.74) is 2.61. The monoisotopic (exact) mass is 400 g/mol. The number of hydrogen-bond donors (Lipinski definition) is 2. The second-order valence-corrected chi connectivity index (χ2v) is 6.43. The summed E-state index contributed by atoms with van der Waals surface area (Å²) in [5.74, 6) is 0.945. The van der Waals surface area contributed by atoms with Crippen LogP contribution in [0.15, 0.2) is 47.2 Å². The summed E-state index contributed by atoms with van der Waals surface area (Å²) in [6.45, 7) is 3.96. The van der Waals surface area contributed by atoms with Gasteiger partial charge in [-0.1, -0.05) is 15.9 Å². The molecule has 0 atom stereocenters. The second kappa shape index (κ2) is 7.43. The van der Waals surface area contributed by atoms with E-state index in [9.17, 15) is 4.79 Å². The maximum atomic E-state index is 12.0. The molecule has 3 aromatic rings. The van der Waals surface area contributed by atoms with E-state index in [0.717, 1.165) is 21.5 Å². The van der Waals surface area contributed by atoms with Crippen LogP contribution in [0.5, 0.6) is 0 Å². The number of anilines is 2. The number of nitrogens with one attached hydrogen (secondary N) is 2. The lowest BCUT2D eigenvalue weighted by Gasteiger charge is -2.09. The summed E-state index contributed by atoms with van der Waals surface area (Å²) in [6.07, 6.45) is 3.20. The molecule has 0 spiro atoms. The van der Waals surface area contributed by atoms with E-state index in [4.69, 9.17) is 0 Å². The topological polar surface area (TPSA) is 84.7 Å². The number of amides is 1. The van der Waals surface area contributed by atoms with Gasteiger partial charge in [0.1, 0.15) is 5.82 Å². The SMILES string of the molecule is Cc1cc(C)n(-c2cncc(NCC(=O)Nc3ccc(Br)cc3)n2)n1. The Morgan fingerprint density at radius 1 is 1.20 bits per heavy atom. The van der Waals surface area contributed by atoms with Crippen molar-refractivity contribution in [3.63, 3.8) is 0 Å². The van der Waals surface area contributed by atoms with Gasteiger partial charge < -0.3 is 10.6 Å². The summed E-state index contributed by atoms with van der Waals surface area (Å²) in [5, 5.41) is 10.2. The van der Waals surface area contributed by atoms with Gasteiger partial charge in [0.2, 0.25) is 5.91 Å². The van der Waals surface area contributed by atoms with Gasteiger partial charge in [0, 0.05) is 15.9 Å². The lowest BCUT2D eigenvalue weighted by molar-refractivity contribution is -0.114. The van der Waals surface area contributed by atoms with Gasteiger partial charge in [0.15, 0.2) is 5.82 Å². The van der Waals surface area contributed by atoms with E-state index in [0.29, 0.717) is 11.6 Å². The smallest absolute Gasteiger partial charge is 0.243 e. The Kier molecular flexibility index (Phi) is 5.08. The fourth-order valence-electron chi connectivity index (χ4n) is 2.31. The minimum atomic E-state index is -0.166. The molecule has 8 heteroatoms. The van der Waals surface area contributed by atoms with Gasteiger partial charge >= 0.3 is 0 Å². The zero-order valence-corrected chi connectivity index (χ0v) is 15.4. The fourth-order valence-corrected chi connectivity index (χ4v) is 2.58. The first-order chi connectivity index (χ1) is 12.0. The molecule has 128 valence electrons. The molecule has 3 rings (SSSR count). The Bertz CT molecular complexity index is 890. The summed E-state index contributed by atoms with van der Waals surface area (Å²) >= 11 is 3.36. The minimum absolute atomic E-state index is 0.0886. The van der Waals surface area contributed by atoms with Crippen molar-refractivity contribution in [1.29, 1.82) is 0 Å². The van der Waals surface area contributed by atoms with Crippen LogP contribution in [0.25, 0.3) is 5.82 Å². The van der Waals surface area contributed by atoms with E-state index in [-0.39, 0.29) is 12.5 Å². The zero-order valence-electron chi connectivity index (χ0n) is 13.8. The number of halogens is 1. The standard InChI is InChI=1S/C17H17BrN6O/c1-11-7-12(2)24(23-11)16-9-19-8-15(22-16)20-10-17(25)21-14-5-3-13(18)4-6-14/h3-9H,10H2,1-2H3,(H,20,22)(H,21,25). The molecule has 0 unspecified atom stereocenters. The molecule has 0 saturated carbocycles. The first-order valence-electron chi connectivity index (χ1n) is 7.66. The van der Waals surface area contributed by atoms with Gasteiger partial charge in [-0.3, -0.25) is 9.78 Å². The molecule has 1 amide bonds. The first kappa shape index (κ1) is 17.1. The van der Waals surface area contributed by atoms with Crippen molar-refractivity contribution in [3.8, 4) is 5.82 Å². The Hall–Kier alpha value is -2.74. The van der Waals surface area contributed by atoms with Crippen molar-refractivity contribution in [3.05, 3.63) is 58.6 Å². The maximum absolute atomic E-state index is 12.0. The third-order valence-electron chi connectivity index (χ3n) is 3.41. The molecule has 0 bridgehead atoms. The van der Waals surface area contributed by atoms with Crippen LogP contribution in [0, 0.1) is 13.8 Å². The highest BCUT2D eigenvalue weighted by atomic mass is 79.9. The number of rotatable bonds is 5. The van der Waals surface area contributed by atoms with Crippen molar-refractivity contribution in [2.75, 3.05) is 17.2 Å². The van der Waals surface area contributed by atoms with Gasteiger partial charge in [-0.25, -0.2) is 9.67 Å². The normalized spacial score (nSPS) is 10.5. The van der Waals surface area contributed by atoms with Gasteiger partial charge in [0.05, 0.1) is 24.6 Å². The van der Waals surface area contributed by atoms with Crippen LogP contribution in [0.1, 0.15) is 11.4 Å². The molecule has 0 aliphatic rings. The van der Waals surface area contributed by atoms with E-state index >= 15 is 0 Å². The Morgan fingerprint density at radius 2 is 1.96 bits per heavy atom. The predicted molar refractivity (Wildman–Crippen MR) is 99.9 cm³/mol. The Balaban J connectivity index is 1.63. The molecule has 2 N–H and O–H groups in total. The quantitative estimate of drug-likeness (QED) is 0.687. The van der Waals surface area contributed by atoms with E-state index in [1.54, 1.807) is 17.1 Å². The number of hydrogen-bond acceptors (Lipinski definition) is 5. The van der Waals surface area contributed by atoms with Crippen molar-refractivity contribution in [1.82, 2.24) is 19.7 Å².